The van der Waals surface area contributed by atoms with Crippen LogP contribution in [-0.4, -0.2) is 21.9 Å². The van der Waals surface area contributed by atoms with E-state index in [2.05, 4.69) is 10.3 Å². The predicted octanol–water partition coefficient (Wildman–Crippen LogP) is 5.49. The zero-order valence-electron chi connectivity index (χ0n) is 18.3. The summed E-state index contributed by atoms with van der Waals surface area (Å²) >= 11 is 6.28. The van der Waals surface area contributed by atoms with Crippen LogP contribution in [0.1, 0.15) is 43.4 Å². The van der Waals surface area contributed by atoms with Gasteiger partial charge in [-0.1, -0.05) is 11.6 Å². The summed E-state index contributed by atoms with van der Waals surface area (Å²) in [6.07, 6.45) is -4.99. The van der Waals surface area contributed by atoms with Gasteiger partial charge in [-0.25, -0.2) is 13.8 Å². The van der Waals surface area contributed by atoms with Crippen molar-refractivity contribution in [2.45, 2.75) is 12.2 Å². The fraction of sp³-hybridized carbons (Fsp3) is 0.0800. The van der Waals surface area contributed by atoms with Crippen molar-refractivity contribution in [1.29, 1.82) is 0 Å². The zero-order chi connectivity index (χ0) is 26.8. The lowest BCUT2D eigenvalue weighted by Gasteiger charge is -2.20. The number of nitrogens with one attached hydrogen (secondary N) is 1. The lowest BCUT2D eigenvalue weighted by Crippen LogP contribution is -2.21. The van der Waals surface area contributed by atoms with Crippen molar-refractivity contribution in [3.05, 3.63) is 93.0 Å². The highest BCUT2D eigenvalue weighted by Gasteiger charge is 2.39. The molecule has 5 rings (SSSR count). The minimum Gasteiger partial charge on any atom is -0.493 e. The van der Waals surface area contributed by atoms with Crippen LogP contribution in [0.3, 0.4) is 0 Å². The molecule has 0 spiro atoms. The summed E-state index contributed by atoms with van der Waals surface area (Å²) in [4.78, 5) is 29.3. The van der Waals surface area contributed by atoms with Gasteiger partial charge >= 0.3 is 6.18 Å². The summed E-state index contributed by atoms with van der Waals surface area (Å²) in [7, 11) is 0. The normalized spacial score (nSPS) is 15.1. The van der Waals surface area contributed by atoms with Crippen LogP contribution in [0, 0.1) is 11.6 Å². The maximum Gasteiger partial charge on any atom is 0.416 e. The number of hydrogen-bond donors (Lipinski definition) is 3. The number of amides is 2. The third-order valence-corrected chi connectivity index (χ3v) is 6.38. The van der Waals surface area contributed by atoms with Gasteiger partial charge in [0.2, 0.25) is 11.8 Å². The van der Waals surface area contributed by atoms with Gasteiger partial charge in [-0.3, -0.25) is 9.59 Å². The van der Waals surface area contributed by atoms with Crippen LogP contribution in [-0.2, 0) is 6.18 Å². The summed E-state index contributed by atoms with van der Waals surface area (Å²) in [5.74, 6) is -4.67. The molecule has 1 aliphatic heterocycles. The number of halogens is 6. The number of pyridine rings is 1. The number of benzene rings is 3. The molecule has 1 unspecified atom stereocenters. The van der Waals surface area contributed by atoms with Crippen molar-refractivity contribution >= 4 is 34.3 Å². The van der Waals surface area contributed by atoms with Crippen molar-refractivity contribution in [3.8, 4) is 17.0 Å². The number of aromatic hydroxyl groups is 1. The van der Waals surface area contributed by atoms with E-state index in [1.54, 1.807) is 0 Å². The first-order valence-corrected chi connectivity index (χ1v) is 10.9. The molecule has 2 amide bonds. The zero-order valence-corrected chi connectivity index (χ0v) is 19.0. The van der Waals surface area contributed by atoms with Gasteiger partial charge in [-0.05, 0) is 48.0 Å². The largest absolute Gasteiger partial charge is 0.493 e. The number of hydrogen-bond acceptors (Lipinski definition) is 4. The van der Waals surface area contributed by atoms with Crippen LogP contribution in [0.4, 0.5) is 22.0 Å². The highest BCUT2D eigenvalue weighted by atomic mass is 35.5. The second kappa shape index (κ2) is 8.41. The summed E-state index contributed by atoms with van der Waals surface area (Å²) in [5.41, 5.74) is 2.25. The van der Waals surface area contributed by atoms with Gasteiger partial charge in [-0.2, -0.15) is 13.2 Å². The quantitative estimate of drug-likeness (QED) is 0.303. The Balaban J connectivity index is 1.93. The van der Waals surface area contributed by atoms with Crippen molar-refractivity contribution in [1.82, 2.24) is 10.3 Å². The molecule has 2 heterocycles. The SMILES string of the molecule is NC(=O)c1cc(C(F)(F)F)cc(F)c1-c1cc2nc(O)ccc2c2c1C(c1cc(F)ccc1Cl)NC2=O. The molecule has 1 aliphatic rings. The van der Waals surface area contributed by atoms with Crippen LogP contribution in [0.15, 0.2) is 48.5 Å². The number of carbonyl (C=O) groups excluding carboxylic acids is 2. The number of fused-ring (bicyclic) bond motifs is 3. The highest BCUT2D eigenvalue weighted by Crippen LogP contribution is 2.46. The van der Waals surface area contributed by atoms with Gasteiger partial charge in [0, 0.05) is 33.2 Å². The topological polar surface area (TPSA) is 105 Å². The second-order valence-corrected chi connectivity index (χ2v) is 8.67. The van der Waals surface area contributed by atoms with Crippen LogP contribution >= 0.6 is 11.6 Å². The minimum absolute atomic E-state index is 0.0126. The Bertz CT molecular complexity index is 1660. The van der Waals surface area contributed by atoms with Gasteiger partial charge in [-0.15, -0.1) is 0 Å². The van der Waals surface area contributed by atoms with E-state index in [4.69, 9.17) is 17.3 Å². The van der Waals surface area contributed by atoms with Crippen LogP contribution in [0.5, 0.6) is 5.88 Å². The molecular weight excluding hydrogens is 521 g/mol. The lowest BCUT2D eigenvalue weighted by molar-refractivity contribution is -0.137. The molecule has 6 nitrogen and oxygen atoms in total. The molecule has 0 bridgehead atoms. The molecule has 37 heavy (non-hydrogen) atoms. The Labute approximate surface area is 209 Å². The van der Waals surface area contributed by atoms with E-state index in [9.17, 15) is 32.3 Å². The average molecular weight is 534 g/mol. The van der Waals surface area contributed by atoms with E-state index in [0.29, 0.717) is 6.07 Å². The standard InChI is InChI=1S/C25H13ClF5N3O3/c26-15-3-1-10(27)7-12(15)22-20-13(8-17-11(2-4-18(35)33-17)21(20)24(37)34-22)19-14(23(32)36)5-9(6-16(19)28)25(29,30)31/h1-8,22H,(H2,32,36)(H,33,35)(H,34,37). The van der Waals surface area contributed by atoms with E-state index in [0.717, 1.165) is 12.1 Å². The molecule has 0 saturated heterocycles. The molecule has 0 fully saturated rings. The minimum atomic E-state index is -4.99. The van der Waals surface area contributed by atoms with Gasteiger partial charge in [0.1, 0.15) is 11.6 Å². The number of carbonyl (C=O) groups is 2. The molecule has 1 atom stereocenters. The van der Waals surface area contributed by atoms with Crippen molar-refractivity contribution in [2.24, 2.45) is 5.73 Å². The fourth-order valence-electron chi connectivity index (χ4n) is 4.51. The Morgan fingerprint density at radius 2 is 1.78 bits per heavy atom. The third kappa shape index (κ3) is 4.01. The van der Waals surface area contributed by atoms with Crippen LogP contribution < -0.4 is 11.1 Å². The van der Waals surface area contributed by atoms with Gasteiger partial charge in [0.05, 0.1) is 28.2 Å². The Kier molecular flexibility index (Phi) is 5.56. The number of alkyl halides is 3. The molecule has 0 aliphatic carbocycles. The van der Waals surface area contributed by atoms with E-state index in [-0.39, 0.29) is 44.2 Å². The molecule has 12 heteroatoms. The third-order valence-electron chi connectivity index (χ3n) is 6.03. The molecule has 3 aromatic carbocycles. The van der Waals surface area contributed by atoms with Crippen molar-refractivity contribution < 1.29 is 36.6 Å². The van der Waals surface area contributed by atoms with Gasteiger partial charge < -0.3 is 16.2 Å². The molecule has 188 valence electrons. The summed E-state index contributed by atoms with van der Waals surface area (Å²) < 4.78 is 69.7. The molecule has 1 aromatic heterocycles. The molecular formula is C25H13ClF5N3O3. The first-order valence-electron chi connectivity index (χ1n) is 10.5. The van der Waals surface area contributed by atoms with Crippen molar-refractivity contribution in [3.63, 3.8) is 0 Å². The van der Waals surface area contributed by atoms with E-state index >= 15 is 4.39 Å². The van der Waals surface area contributed by atoms with Crippen molar-refractivity contribution in [2.75, 3.05) is 0 Å². The molecule has 4 N–H and O–H groups in total. The van der Waals surface area contributed by atoms with Crippen LogP contribution in [0.2, 0.25) is 5.02 Å². The Morgan fingerprint density at radius 3 is 2.46 bits per heavy atom. The number of primary amides is 1. The predicted molar refractivity (Wildman–Crippen MR) is 123 cm³/mol. The summed E-state index contributed by atoms with van der Waals surface area (Å²) in [5, 5.41) is 12.8. The highest BCUT2D eigenvalue weighted by molar-refractivity contribution is 6.31. The Hall–Kier alpha value is -4.25. The van der Waals surface area contributed by atoms with Gasteiger partial charge in [0.25, 0.3) is 5.91 Å². The number of nitrogens with zero attached hydrogens (tertiary/aromatic N) is 1. The smallest absolute Gasteiger partial charge is 0.416 e. The summed E-state index contributed by atoms with van der Waals surface area (Å²) in [6, 6.07) is 6.56. The van der Waals surface area contributed by atoms with Gasteiger partial charge in [0.15, 0.2) is 0 Å². The maximum atomic E-state index is 15.4. The molecule has 0 saturated carbocycles. The molecule has 4 aromatic rings. The summed E-state index contributed by atoms with van der Waals surface area (Å²) in [6.45, 7) is 0. The first-order chi connectivity index (χ1) is 17.4. The van der Waals surface area contributed by atoms with E-state index < -0.39 is 58.2 Å². The monoisotopic (exact) mass is 533 g/mol. The average Bonchev–Trinajstić information content (AvgIpc) is 3.16. The number of nitrogens with two attached hydrogens (primary N) is 1. The number of rotatable bonds is 3. The van der Waals surface area contributed by atoms with E-state index in [1.165, 1.54) is 24.3 Å². The van der Waals surface area contributed by atoms with Crippen LogP contribution in [0.25, 0.3) is 22.0 Å². The first kappa shape index (κ1) is 24.4. The number of aromatic nitrogens is 1. The lowest BCUT2D eigenvalue weighted by atomic mass is 9.85. The Morgan fingerprint density at radius 1 is 1.05 bits per heavy atom. The maximum absolute atomic E-state index is 15.4. The van der Waals surface area contributed by atoms with E-state index in [1.807, 2.05) is 0 Å². The second-order valence-electron chi connectivity index (χ2n) is 8.26. The molecule has 0 radical (unpaired) electrons. The fourth-order valence-corrected chi connectivity index (χ4v) is 4.74.